The van der Waals surface area contributed by atoms with Crippen molar-refractivity contribution in [1.82, 2.24) is 0 Å². The summed E-state index contributed by atoms with van der Waals surface area (Å²) in [5.74, 6) is 3.23. The van der Waals surface area contributed by atoms with Crippen molar-refractivity contribution in [2.45, 2.75) is 31.5 Å². The molecule has 1 saturated heterocycles. The van der Waals surface area contributed by atoms with E-state index in [-0.39, 0.29) is 0 Å². The summed E-state index contributed by atoms with van der Waals surface area (Å²) in [6.07, 6.45) is 4.43. The van der Waals surface area contributed by atoms with Gasteiger partial charge >= 0.3 is 0 Å². The number of ether oxygens (including phenoxy) is 1. The van der Waals surface area contributed by atoms with Gasteiger partial charge in [-0.1, -0.05) is 0 Å². The number of ketones is 1. The summed E-state index contributed by atoms with van der Waals surface area (Å²) in [4.78, 5) is 11.5. The van der Waals surface area contributed by atoms with Gasteiger partial charge in [-0.15, -0.1) is 0 Å². The van der Waals surface area contributed by atoms with Gasteiger partial charge in [0.1, 0.15) is 5.78 Å². The van der Waals surface area contributed by atoms with Gasteiger partial charge in [0.05, 0.1) is 12.2 Å². The van der Waals surface area contributed by atoms with E-state index in [4.69, 9.17) is 4.74 Å². The van der Waals surface area contributed by atoms with Crippen LogP contribution in [-0.2, 0) is 9.53 Å². The lowest BCUT2D eigenvalue weighted by Gasteiger charge is -2.24. The Hall–Kier alpha value is -0.370. The molecule has 0 N–H and O–H groups in total. The second kappa shape index (κ2) is 1.63. The average Bonchev–Trinajstić information content (AvgIpc) is 2.42. The van der Waals surface area contributed by atoms with E-state index in [1.54, 1.807) is 0 Å². The van der Waals surface area contributed by atoms with Gasteiger partial charge in [0.25, 0.3) is 0 Å². The number of carbonyl (C=O) groups is 1. The minimum Gasteiger partial charge on any atom is -0.369 e. The average molecular weight is 164 g/mol. The van der Waals surface area contributed by atoms with Crippen molar-refractivity contribution < 1.29 is 9.53 Å². The van der Waals surface area contributed by atoms with Crippen LogP contribution in [-0.4, -0.2) is 18.0 Å². The highest BCUT2D eigenvalue weighted by molar-refractivity contribution is 5.85. The largest absolute Gasteiger partial charge is 0.369 e. The highest BCUT2D eigenvalue weighted by atomic mass is 16.6. The van der Waals surface area contributed by atoms with Crippen molar-refractivity contribution in [3.05, 3.63) is 0 Å². The normalized spacial score (nSPS) is 65.2. The highest BCUT2D eigenvalue weighted by Gasteiger charge is 2.66. The van der Waals surface area contributed by atoms with E-state index in [0.29, 0.717) is 29.8 Å². The molecule has 0 amide bonds. The Morgan fingerprint density at radius 3 is 3.17 bits per heavy atom. The van der Waals surface area contributed by atoms with Crippen LogP contribution in [0.2, 0.25) is 0 Å². The lowest BCUT2D eigenvalue weighted by Crippen LogP contribution is -2.28. The van der Waals surface area contributed by atoms with Gasteiger partial charge in [0.2, 0.25) is 0 Å². The fourth-order valence-corrected chi connectivity index (χ4v) is 4.04. The summed E-state index contributed by atoms with van der Waals surface area (Å²) in [6, 6.07) is 0. The molecular formula is C10H12O2. The molecule has 4 fully saturated rings. The molecule has 4 rings (SSSR count). The lowest BCUT2D eigenvalue weighted by molar-refractivity contribution is -0.124. The van der Waals surface area contributed by atoms with Gasteiger partial charge in [0.15, 0.2) is 0 Å². The van der Waals surface area contributed by atoms with Gasteiger partial charge in [-0.05, 0) is 24.7 Å². The Kier molecular flexibility index (Phi) is 0.831. The number of hydrogen-bond donors (Lipinski definition) is 0. The predicted molar refractivity (Wildman–Crippen MR) is 41.5 cm³/mol. The zero-order chi connectivity index (χ0) is 7.87. The SMILES string of the molecule is O=C1CC2CC1C1C2CC2OC21. The van der Waals surface area contributed by atoms with E-state index in [2.05, 4.69) is 0 Å². The first-order chi connectivity index (χ1) is 5.84. The molecule has 2 bridgehead atoms. The molecule has 3 aliphatic carbocycles. The minimum atomic E-state index is 0.414. The quantitative estimate of drug-likeness (QED) is 0.500. The summed E-state index contributed by atoms with van der Waals surface area (Å²) in [6.45, 7) is 0. The fraction of sp³-hybridized carbons (Fsp3) is 0.900. The second-order valence-corrected chi connectivity index (χ2v) is 4.89. The monoisotopic (exact) mass is 164 g/mol. The van der Waals surface area contributed by atoms with Crippen molar-refractivity contribution >= 4 is 5.78 Å². The van der Waals surface area contributed by atoms with Crippen LogP contribution in [0.5, 0.6) is 0 Å². The number of hydrogen-bond acceptors (Lipinski definition) is 2. The van der Waals surface area contributed by atoms with Crippen LogP contribution in [0.1, 0.15) is 19.3 Å². The first-order valence-electron chi connectivity index (χ1n) is 5.03. The first-order valence-corrected chi connectivity index (χ1v) is 5.03. The number of epoxide rings is 1. The van der Waals surface area contributed by atoms with Crippen LogP contribution < -0.4 is 0 Å². The summed E-state index contributed by atoms with van der Waals surface area (Å²) >= 11 is 0. The molecule has 3 saturated carbocycles. The summed E-state index contributed by atoms with van der Waals surface area (Å²) < 4.78 is 5.52. The molecule has 64 valence electrons. The second-order valence-electron chi connectivity index (χ2n) is 4.89. The van der Waals surface area contributed by atoms with Crippen molar-refractivity contribution in [1.29, 1.82) is 0 Å². The Balaban J connectivity index is 1.78. The van der Waals surface area contributed by atoms with Crippen molar-refractivity contribution in [3.8, 4) is 0 Å². The molecule has 6 atom stereocenters. The molecule has 0 radical (unpaired) electrons. The lowest BCUT2D eigenvalue weighted by atomic mass is 9.80. The molecule has 4 aliphatic rings. The van der Waals surface area contributed by atoms with Gasteiger partial charge in [0, 0.05) is 18.3 Å². The van der Waals surface area contributed by atoms with E-state index in [0.717, 1.165) is 18.3 Å². The molecule has 0 spiro atoms. The van der Waals surface area contributed by atoms with Gasteiger partial charge < -0.3 is 4.74 Å². The number of carbonyl (C=O) groups excluding carboxylic acids is 1. The third-order valence-electron chi connectivity index (χ3n) is 4.50. The first kappa shape index (κ1) is 6.14. The van der Waals surface area contributed by atoms with Crippen LogP contribution in [0.15, 0.2) is 0 Å². The van der Waals surface area contributed by atoms with E-state index in [1.807, 2.05) is 0 Å². The summed E-state index contributed by atoms with van der Waals surface area (Å²) in [7, 11) is 0. The van der Waals surface area contributed by atoms with Gasteiger partial charge in [-0.25, -0.2) is 0 Å². The third-order valence-corrected chi connectivity index (χ3v) is 4.50. The molecule has 6 unspecified atom stereocenters. The molecule has 0 aromatic rings. The minimum absolute atomic E-state index is 0.414. The Labute approximate surface area is 71.3 Å². The Morgan fingerprint density at radius 1 is 1.33 bits per heavy atom. The maximum atomic E-state index is 11.5. The standard InChI is InChI=1S/C10H12O2/c11-7-2-4-1-6(7)9-5(4)3-8-10(9)12-8/h4-6,8-10H,1-3H2. The molecule has 0 aromatic carbocycles. The van der Waals surface area contributed by atoms with E-state index >= 15 is 0 Å². The summed E-state index contributed by atoms with van der Waals surface area (Å²) in [5, 5.41) is 0. The molecule has 2 nitrogen and oxygen atoms in total. The molecule has 0 aromatic heterocycles. The predicted octanol–water partition coefficient (Wildman–Crippen LogP) is 0.999. The topological polar surface area (TPSA) is 29.6 Å². The van der Waals surface area contributed by atoms with E-state index in [9.17, 15) is 4.79 Å². The fourth-order valence-electron chi connectivity index (χ4n) is 4.04. The smallest absolute Gasteiger partial charge is 0.136 e. The van der Waals surface area contributed by atoms with Crippen molar-refractivity contribution in [2.24, 2.45) is 23.7 Å². The van der Waals surface area contributed by atoms with E-state index < -0.39 is 0 Å². The zero-order valence-corrected chi connectivity index (χ0v) is 6.90. The van der Waals surface area contributed by atoms with Crippen LogP contribution in [0.25, 0.3) is 0 Å². The van der Waals surface area contributed by atoms with Gasteiger partial charge in [-0.3, -0.25) is 4.79 Å². The molecule has 12 heavy (non-hydrogen) atoms. The number of Topliss-reactive ketones (excluding diaryl/α,β-unsaturated/α-hetero) is 1. The highest BCUT2D eigenvalue weighted by Crippen LogP contribution is 2.63. The molecule has 1 aliphatic heterocycles. The molecular weight excluding hydrogens is 152 g/mol. The van der Waals surface area contributed by atoms with Crippen LogP contribution in [0.3, 0.4) is 0 Å². The Morgan fingerprint density at radius 2 is 2.25 bits per heavy atom. The molecule has 1 heterocycles. The van der Waals surface area contributed by atoms with Crippen molar-refractivity contribution in [2.75, 3.05) is 0 Å². The maximum Gasteiger partial charge on any atom is 0.136 e. The van der Waals surface area contributed by atoms with Gasteiger partial charge in [-0.2, -0.15) is 0 Å². The zero-order valence-electron chi connectivity index (χ0n) is 6.90. The van der Waals surface area contributed by atoms with Crippen LogP contribution in [0.4, 0.5) is 0 Å². The summed E-state index contributed by atoms with van der Waals surface area (Å²) in [5.41, 5.74) is 0. The van der Waals surface area contributed by atoms with E-state index in [1.165, 1.54) is 12.8 Å². The molecule has 2 heteroatoms. The van der Waals surface area contributed by atoms with Crippen LogP contribution in [0, 0.1) is 23.7 Å². The van der Waals surface area contributed by atoms with Crippen LogP contribution >= 0.6 is 0 Å². The number of fused-ring (bicyclic) bond motifs is 7. The number of rotatable bonds is 0. The van der Waals surface area contributed by atoms with Crippen molar-refractivity contribution in [3.63, 3.8) is 0 Å². The maximum absolute atomic E-state index is 11.5. The third kappa shape index (κ3) is 0.506. The Bertz CT molecular complexity index is 273.